The van der Waals surface area contributed by atoms with E-state index in [1.165, 1.54) is 25.8 Å². The minimum atomic E-state index is 0.590. The van der Waals surface area contributed by atoms with Crippen LogP contribution in [0.1, 0.15) is 33.1 Å². The van der Waals surface area contributed by atoms with Crippen molar-refractivity contribution in [2.75, 3.05) is 31.1 Å². The zero-order chi connectivity index (χ0) is 13.9. The average Bonchev–Trinajstić information content (AvgIpc) is 2.75. The fourth-order valence-electron chi connectivity index (χ4n) is 3.50. The third-order valence-electron chi connectivity index (χ3n) is 4.50. The van der Waals surface area contributed by atoms with Crippen molar-refractivity contribution in [3.8, 4) is 5.88 Å². The van der Waals surface area contributed by atoms with Crippen molar-refractivity contribution in [3.05, 3.63) is 12.4 Å². The predicted octanol–water partition coefficient (Wildman–Crippen LogP) is 1.94. The third kappa shape index (κ3) is 2.59. The smallest absolute Gasteiger partial charge is 0.218 e. The first-order chi connectivity index (χ1) is 9.81. The van der Waals surface area contributed by atoms with Gasteiger partial charge in [-0.1, -0.05) is 6.92 Å². The average molecular weight is 276 g/mol. The Kier molecular flexibility index (Phi) is 4.05. The van der Waals surface area contributed by atoms with Gasteiger partial charge in [-0.05, 0) is 32.7 Å². The van der Waals surface area contributed by atoms with Gasteiger partial charge in [0.05, 0.1) is 6.61 Å². The summed E-state index contributed by atoms with van der Waals surface area (Å²) in [6.07, 6.45) is 5.42. The fourth-order valence-corrected chi connectivity index (χ4v) is 3.50. The summed E-state index contributed by atoms with van der Waals surface area (Å²) in [5, 5.41) is 0. The molecular formula is C15H24N4O. The number of hydrogen-bond acceptors (Lipinski definition) is 5. The van der Waals surface area contributed by atoms with Crippen LogP contribution in [0.5, 0.6) is 5.88 Å². The number of likely N-dealkylation sites (N-methyl/N-ethyl adjacent to an activating group) is 1. The first-order valence-electron chi connectivity index (χ1n) is 7.77. The second-order valence-corrected chi connectivity index (χ2v) is 5.62. The normalized spacial score (nSPS) is 26.6. The Balaban J connectivity index is 1.83. The maximum absolute atomic E-state index is 5.51. The van der Waals surface area contributed by atoms with E-state index in [0.717, 1.165) is 18.9 Å². The van der Waals surface area contributed by atoms with E-state index in [2.05, 4.69) is 26.7 Å². The van der Waals surface area contributed by atoms with E-state index in [1.807, 2.05) is 13.0 Å². The summed E-state index contributed by atoms with van der Waals surface area (Å²) in [6.45, 7) is 8.38. The number of aromatic nitrogens is 2. The Morgan fingerprint density at radius 3 is 2.85 bits per heavy atom. The third-order valence-corrected chi connectivity index (χ3v) is 4.50. The molecule has 110 valence electrons. The molecule has 0 aliphatic carbocycles. The zero-order valence-corrected chi connectivity index (χ0v) is 12.5. The zero-order valence-electron chi connectivity index (χ0n) is 12.5. The van der Waals surface area contributed by atoms with E-state index < -0.39 is 0 Å². The fraction of sp³-hybridized carbons (Fsp3) is 0.733. The lowest BCUT2D eigenvalue weighted by Crippen LogP contribution is -2.39. The molecule has 5 heteroatoms. The summed E-state index contributed by atoms with van der Waals surface area (Å²) < 4.78 is 5.51. The van der Waals surface area contributed by atoms with E-state index in [0.29, 0.717) is 24.6 Å². The first kappa shape index (κ1) is 13.6. The Morgan fingerprint density at radius 1 is 1.20 bits per heavy atom. The number of nitrogens with zero attached hydrogens (tertiary/aromatic N) is 4. The molecule has 3 heterocycles. The standard InChI is InChI=1S/C15H24N4O/c1-3-18-8-7-12-5-6-13(10-18)19(12)14-9-15(20-4-2)17-11-16-14/h9,11-13H,3-8,10H2,1-2H3. The topological polar surface area (TPSA) is 41.5 Å². The number of anilines is 1. The van der Waals surface area contributed by atoms with E-state index >= 15 is 0 Å². The molecule has 3 rings (SSSR count). The lowest BCUT2D eigenvalue weighted by Gasteiger charge is -2.29. The maximum atomic E-state index is 5.51. The van der Waals surface area contributed by atoms with Gasteiger partial charge in [0.2, 0.25) is 5.88 Å². The van der Waals surface area contributed by atoms with Gasteiger partial charge in [0.15, 0.2) is 0 Å². The number of likely N-dealkylation sites (tertiary alicyclic amines) is 1. The van der Waals surface area contributed by atoms with Crippen LogP contribution in [0.4, 0.5) is 5.82 Å². The summed E-state index contributed by atoms with van der Waals surface area (Å²) in [5.74, 6) is 1.72. The van der Waals surface area contributed by atoms with Crippen LogP contribution in [0.15, 0.2) is 12.4 Å². The van der Waals surface area contributed by atoms with Crippen LogP contribution in [0.3, 0.4) is 0 Å². The van der Waals surface area contributed by atoms with E-state index in [4.69, 9.17) is 4.74 Å². The molecule has 2 fully saturated rings. The highest BCUT2D eigenvalue weighted by Crippen LogP contribution is 2.34. The molecule has 0 N–H and O–H groups in total. The van der Waals surface area contributed by atoms with Gasteiger partial charge in [-0.3, -0.25) is 0 Å². The number of hydrogen-bond donors (Lipinski definition) is 0. The van der Waals surface area contributed by atoms with Gasteiger partial charge < -0.3 is 14.5 Å². The lowest BCUT2D eigenvalue weighted by molar-refractivity contribution is 0.273. The van der Waals surface area contributed by atoms with Gasteiger partial charge in [-0.25, -0.2) is 9.97 Å². The summed E-state index contributed by atoms with van der Waals surface area (Å²) in [4.78, 5) is 13.7. The minimum Gasteiger partial charge on any atom is -0.478 e. The number of fused-ring (bicyclic) bond motifs is 2. The maximum Gasteiger partial charge on any atom is 0.218 e. The van der Waals surface area contributed by atoms with Crippen LogP contribution < -0.4 is 9.64 Å². The molecule has 1 aromatic heterocycles. The van der Waals surface area contributed by atoms with Crippen molar-refractivity contribution in [2.45, 2.75) is 45.2 Å². The first-order valence-corrected chi connectivity index (χ1v) is 7.77. The number of ether oxygens (including phenoxy) is 1. The molecule has 0 radical (unpaired) electrons. The molecule has 2 bridgehead atoms. The molecule has 0 aromatic carbocycles. The van der Waals surface area contributed by atoms with Crippen molar-refractivity contribution < 1.29 is 4.74 Å². The highest BCUT2D eigenvalue weighted by Gasteiger charge is 2.37. The molecule has 0 amide bonds. The molecule has 0 saturated carbocycles. The monoisotopic (exact) mass is 276 g/mol. The predicted molar refractivity (Wildman–Crippen MR) is 79.2 cm³/mol. The van der Waals surface area contributed by atoms with Crippen LogP contribution >= 0.6 is 0 Å². The second kappa shape index (κ2) is 5.95. The summed E-state index contributed by atoms with van der Waals surface area (Å²) >= 11 is 0. The van der Waals surface area contributed by atoms with Gasteiger partial charge in [0.25, 0.3) is 0 Å². The molecule has 2 saturated heterocycles. The van der Waals surface area contributed by atoms with Crippen molar-refractivity contribution in [3.63, 3.8) is 0 Å². The van der Waals surface area contributed by atoms with Crippen LogP contribution in [0.25, 0.3) is 0 Å². The highest BCUT2D eigenvalue weighted by molar-refractivity contribution is 5.45. The Bertz CT molecular complexity index is 453. The summed E-state index contributed by atoms with van der Waals surface area (Å²) in [7, 11) is 0. The Labute approximate surface area is 121 Å². The van der Waals surface area contributed by atoms with Crippen LogP contribution in [-0.2, 0) is 0 Å². The van der Waals surface area contributed by atoms with Gasteiger partial charge in [-0.2, -0.15) is 0 Å². The second-order valence-electron chi connectivity index (χ2n) is 5.62. The SMILES string of the molecule is CCOc1cc(N2C3CCC2CN(CC)CC3)ncn1. The Morgan fingerprint density at radius 2 is 2.05 bits per heavy atom. The molecule has 2 aliphatic heterocycles. The largest absolute Gasteiger partial charge is 0.478 e. The van der Waals surface area contributed by atoms with Crippen molar-refractivity contribution in [1.29, 1.82) is 0 Å². The molecule has 2 atom stereocenters. The summed E-state index contributed by atoms with van der Waals surface area (Å²) in [6, 6.07) is 3.21. The van der Waals surface area contributed by atoms with Gasteiger partial charge in [0.1, 0.15) is 12.1 Å². The van der Waals surface area contributed by atoms with Gasteiger partial charge >= 0.3 is 0 Å². The summed E-state index contributed by atoms with van der Waals surface area (Å²) in [5.41, 5.74) is 0. The Hall–Kier alpha value is -1.36. The van der Waals surface area contributed by atoms with Crippen molar-refractivity contribution >= 4 is 5.82 Å². The molecular weight excluding hydrogens is 252 g/mol. The molecule has 5 nitrogen and oxygen atoms in total. The molecule has 20 heavy (non-hydrogen) atoms. The highest BCUT2D eigenvalue weighted by atomic mass is 16.5. The minimum absolute atomic E-state index is 0.590. The van der Waals surface area contributed by atoms with Crippen LogP contribution in [0, 0.1) is 0 Å². The van der Waals surface area contributed by atoms with Gasteiger partial charge in [-0.15, -0.1) is 0 Å². The van der Waals surface area contributed by atoms with E-state index in [9.17, 15) is 0 Å². The van der Waals surface area contributed by atoms with E-state index in [1.54, 1.807) is 6.33 Å². The molecule has 0 spiro atoms. The van der Waals surface area contributed by atoms with Crippen LogP contribution in [0.2, 0.25) is 0 Å². The number of rotatable bonds is 4. The quantitative estimate of drug-likeness (QED) is 0.840. The van der Waals surface area contributed by atoms with Crippen LogP contribution in [-0.4, -0.2) is 53.2 Å². The molecule has 2 aliphatic rings. The van der Waals surface area contributed by atoms with Gasteiger partial charge in [0, 0.05) is 31.2 Å². The molecule has 1 aromatic rings. The van der Waals surface area contributed by atoms with Crippen molar-refractivity contribution in [2.24, 2.45) is 0 Å². The molecule has 2 unspecified atom stereocenters. The van der Waals surface area contributed by atoms with Crippen molar-refractivity contribution in [1.82, 2.24) is 14.9 Å². The van der Waals surface area contributed by atoms with E-state index in [-0.39, 0.29) is 0 Å². The lowest BCUT2D eigenvalue weighted by atomic mass is 10.1.